The fraction of sp³-hybridized carbons (Fsp3) is 0.759. The Morgan fingerprint density at radius 2 is 1.73 bits per heavy atom. The van der Waals surface area contributed by atoms with Crippen LogP contribution in [-0.4, -0.2) is 61.6 Å². The number of Topliss-reactive ketones (excluding diaryl/α,β-unsaturated/α-hetero) is 3. The molecular weight excluding hydrogens is 534 g/mol. The van der Waals surface area contributed by atoms with Crippen LogP contribution in [0.3, 0.4) is 0 Å². The standard InChI is InChI=1S/C29H45N3O7S/c1-7-40(38,39)31-15-19(12-20(33)14-28(2,3)4)27(37)32-16-21-23(29(21,5)6)24(32)22(34)13-18(25(35)26(30)36)11-17-9-8-10-17/h7,17-19,21,23-24,31H,1,8-16H2,2-6H3,(H2,30,36)/t18?,19-,21-,23-,24+/m0/s1. The third-order valence-corrected chi connectivity index (χ3v) is 10.0. The van der Waals surface area contributed by atoms with Crippen LogP contribution in [0.1, 0.15) is 79.6 Å². The Morgan fingerprint density at radius 1 is 1.10 bits per heavy atom. The number of hydrogen-bond acceptors (Lipinski definition) is 7. The SMILES string of the molecule is C=CS(=O)(=O)NC[C@H](CC(=O)CC(C)(C)C)C(=O)N1C[C@H]2[C@@H]([C@H]1C(=O)CC(CC1CCC1)C(=O)C(N)=O)C2(C)C. The number of piperidine rings is 1. The summed E-state index contributed by atoms with van der Waals surface area (Å²) in [6, 6.07) is -0.812. The van der Waals surface area contributed by atoms with Crippen molar-refractivity contribution in [2.45, 2.75) is 85.6 Å². The third kappa shape index (κ3) is 7.46. The fourth-order valence-electron chi connectivity index (χ4n) is 6.56. The summed E-state index contributed by atoms with van der Waals surface area (Å²) in [7, 11) is -3.85. The second-order valence-corrected chi connectivity index (χ2v) is 15.5. The summed E-state index contributed by atoms with van der Waals surface area (Å²) < 4.78 is 26.5. The number of fused-ring (bicyclic) bond motifs is 1. The van der Waals surface area contributed by atoms with Gasteiger partial charge in [-0.2, -0.15) is 0 Å². The van der Waals surface area contributed by atoms with Crippen molar-refractivity contribution in [3.05, 3.63) is 12.0 Å². The fourth-order valence-corrected chi connectivity index (χ4v) is 7.11. The number of amides is 2. The van der Waals surface area contributed by atoms with Gasteiger partial charge in [-0.25, -0.2) is 13.1 Å². The first-order valence-electron chi connectivity index (χ1n) is 14.2. The van der Waals surface area contributed by atoms with Gasteiger partial charge in [0.2, 0.25) is 21.7 Å². The van der Waals surface area contributed by atoms with Gasteiger partial charge in [-0.05, 0) is 35.0 Å². The molecule has 40 heavy (non-hydrogen) atoms. The van der Waals surface area contributed by atoms with Crippen molar-refractivity contribution in [1.82, 2.24) is 9.62 Å². The van der Waals surface area contributed by atoms with Crippen LogP contribution in [0.5, 0.6) is 0 Å². The second kappa shape index (κ2) is 11.8. The Morgan fingerprint density at radius 3 is 2.23 bits per heavy atom. The smallest absolute Gasteiger partial charge is 0.285 e. The molecule has 2 amide bonds. The van der Waals surface area contributed by atoms with Crippen molar-refractivity contribution in [2.24, 2.45) is 46.2 Å². The molecule has 224 valence electrons. The molecule has 10 nitrogen and oxygen atoms in total. The molecule has 0 spiro atoms. The number of sulfonamides is 1. The maximum Gasteiger partial charge on any atom is 0.285 e. The van der Waals surface area contributed by atoms with Gasteiger partial charge in [0.05, 0.1) is 12.0 Å². The molecule has 0 bridgehead atoms. The van der Waals surface area contributed by atoms with E-state index in [9.17, 15) is 32.4 Å². The predicted molar refractivity (Wildman–Crippen MR) is 150 cm³/mol. The van der Waals surface area contributed by atoms with E-state index < -0.39 is 45.5 Å². The zero-order valence-corrected chi connectivity index (χ0v) is 25.2. The predicted octanol–water partition coefficient (Wildman–Crippen LogP) is 2.36. The van der Waals surface area contributed by atoms with Gasteiger partial charge in [0.15, 0.2) is 5.78 Å². The Hall–Kier alpha value is -2.40. The first kappa shape index (κ1) is 32.1. The number of nitrogens with two attached hydrogens (primary N) is 1. The molecule has 0 aromatic rings. The Bertz CT molecular complexity index is 1170. The lowest BCUT2D eigenvalue weighted by molar-refractivity contribution is -0.145. The molecule has 3 rings (SSSR count). The summed E-state index contributed by atoms with van der Waals surface area (Å²) in [5.41, 5.74) is 4.81. The van der Waals surface area contributed by atoms with E-state index in [1.165, 1.54) is 4.90 Å². The number of carbonyl (C=O) groups is 5. The minimum Gasteiger partial charge on any atom is -0.363 e. The lowest BCUT2D eigenvalue weighted by Gasteiger charge is -2.34. The van der Waals surface area contributed by atoms with E-state index in [-0.39, 0.29) is 66.0 Å². The summed E-state index contributed by atoms with van der Waals surface area (Å²) in [4.78, 5) is 66.5. The van der Waals surface area contributed by atoms with E-state index >= 15 is 0 Å². The van der Waals surface area contributed by atoms with E-state index in [0.29, 0.717) is 13.0 Å². The summed E-state index contributed by atoms with van der Waals surface area (Å²) in [5.74, 6) is -4.36. The van der Waals surface area contributed by atoms with E-state index in [4.69, 9.17) is 5.73 Å². The van der Waals surface area contributed by atoms with E-state index in [0.717, 1.165) is 24.7 Å². The molecule has 2 saturated carbocycles. The number of hydrogen-bond donors (Lipinski definition) is 2. The van der Waals surface area contributed by atoms with Crippen LogP contribution in [0, 0.1) is 40.4 Å². The largest absolute Gasteiger partial charge is 0.363 e. The molecule has 1 aliphatic heterocycles. The van der Waals surface area contributed by atoms with Gasteiger partial charge in [0.25, 0.3) is 5.91 Å². The van der Waals surface area contributed by atoms with Crippen LogP contribution >= 0.6 is 0 Å². The summed E-state index contributed by atoms with van der Waals surface area (Å²) in [6.07, 6.45) is 3.20. The van der Waals surface area contributed by atoms with Crippen molar-refractivity contribution in [2.75, 3.05) is 13.1 Å². The quantitative estimate of drug-likeness (QED) is 0.282. The number of nitrogens with one attached hydrogen (secondary N) is 1. The highest BCUT2D eigenvalue weighted by molar-refractivity contribution is 7.92. The molecule has 1 heterocycles. The lowest BCUT2D eigenvalue weighted by atomic mass is 9.76. The monoisotopic (exact) mass is 579 g/mol. The normalized spacial score (nSPS) is 25.3. The Kier molecular flexibility index (Phi) is 9.50. The topological polar surface area (TPSA) is 161 Å². The number of rotatable bonds is 15. The minimum atomic E-state index is -3.85. The molecule has 0 aromatic heterocycles. The zero-order chi connectivity index (χ0) is 30.2. The minimum absolute atomic E-state index is 0.0677. The molecule has 1 unspecified atom stereocenters. The number of nitrogens with zero attached hydrogens (tertiary/aromatic N) is 1. The van der Waals surface area contributed by atoms with Crippen LogP contribution in [0.2, 0.25) is 0 Å². The molecule has 0 radical (unpaired) electrons. The van der Waals surface area contributed by atoms with E-state index in [2.05, 4.69) is 11.3 Å². The molecule has 0 aromatic carbocycles. The van der Waals surface area contributed by atoms with Crippen molar-refractivity contribution >= 4 is 39.2 Å². The highest BCUT2D eigenvalue weighted by Crippen LogP contribution is 2.65. The van der Waals surface area contributed by atoms with Gasteiger partial charge < -0.3 is 10.6 Å². The average molecular weight is 580 g/mol. The van der Waals surface area contributed by atoms with Crippen molar-refractivity contribution in [3.63, 3.8) is 0 Å². The van der Waals surface area contributed by atoms with Gasteiger partial charge in [-0.1, -0.05) is 60.5 Å². The molecule has 11 heteroatoms. The van der Waals surface area contributed by atoms with Crippen LogP contribution in [0.15, 0.2) is 12.0 Å². The molecular formula is C29H45N3O7S. The molecule has 1 saturated heterocycles. The summed E-state index contributed by atoms with van der Waals surface area (Å²) in [6.45, 7) is 13.1. The van der Waals surface area contributed by atoms with Gasteiger partial charge in [0.1, 0.15) is 5.78 Å². The number of ketones is 3. The third-order valence-electron chi connectivity index (χ3n) is 9.03. The van der Waals surface area contributed by atoms with Crippen LogP contribution in [-0.2, 0) is 34.0 Å². The molecule has 3 fully saturated rings. The van der Waals surface area contributed by atoms with Crippen molar-refractivity contribution < 1.29 is 32.4 Å². The van der Waals surface area contributed by atoms with Crippen LogP contribution in [0.4, 0.5) is 0 Å². The second-order valence-electron chi connectivity index (χ2n) is 13.8. The van der Waals surface area contributed by atoms with Crippen molar-refractivity contribution in [3.8, 4) is 0 Å². The van der Waals surface area contributed by atoms with Gasteiger partial charge in [0, 0.05) is 43.7 Å². The Labute approximate surface area is 237 Å². The molecule has 2 aliphatic carbocycles. The van der Waals surface area contributed by atoms with Crippen LogP contribution in [0.25, 0.3) is 0 Å². The van der Waals surface area contributed by atoms with E-state index in [1.807, 2.05) is 34.6 Å². The van der Waals surface area contributed by atoms with E-state index in [1.54, 1.807) is 0 Å². The number of primary amides is 1. The highest BCUT2D eigenvalue weighted by Gasteiger charge is 2.69. The summed E-state index contributed by atoms with van der Waals surface area (Å²) >= 11 is 0. The van der Waals surface area contributed by atoms with Gasteiger partial charge in [-0.3, -0.25) is 24.0 Å². The molecule has 3 aliphatic rings. The first-order valence-corrected chi connectivity index (χ1v) is 15.7. The van der Waals surface area contributed by atoms with Gasteiger partial charge in [-0.15, -0.1) is 0 Å². The van der Waals surface area contributed by atoms with Crippen LogP contribution < -0.4 is 10.5 Å². The Balaban J connectivity index is 1.85. The lowest BCUT2D eigenvalue weighted by Crippen LogP contribution is -2.50. The average Bonchev–Trinajstić information content (AvgIpc) is 3.14. The summed E-state index contributed by atoms with van der Waals surface area (Å²) in [5, 5.41) is 0.739. The van der Waals surface area contributed by atoms with Crippen molar-refractivity contribution in [1.29, 1.82) is 0 Å². The molecule has 3 N–H and O–H groups in total. The number of carbonyl (C=O) groups excluding carboxylic acids is 5. The maximum atomic E-state index is 13.9. The highest BCUT2D eigenvalue weighted by atomic mass is 32.2. The maximum absolute atomic E-state index is 13.9. The van der Waals surface area contributed by atoms with Gasteiger partial charge >= 0.3 is 0 Å². The molecule has 5 atom stereocenters. The zero-order valence-electron chi connectivity index (χ0n) is 24.4. The number of likely N-dealkylation sites (tertiary alicyclic amines) is 1. The first-order chi connectivity index (χ1) is 18.4.